The zero-order valence-electron chi connectivity index (χ0n) is 23.2. The Kier molecular flexibility index (Phi) is 12.5. The SMILES string of the molecule is CCOC(=O)[C@H](COCCN(C)C)C[C@@H](Cc1ccc(-c2cc(Cl)ccc2F)cc1)NC(=O)OC(C)(C)C. The minimum atomic E-state index is -0.673. The van der Waals surface area contributed by atoms with Crippen molar-refractivity contribution in [2.45, 2.75) is 52.2 Å². The Morgan fingerprint density at radius 1 is 1.11 bits per heavy atom. The summed E-state index contributed by atoms with van der Waals surface area (Å²) in [5.41, 5.74) is 1.31. The van der Waals surface area contributed by atoms with Crippen molar-refractivity contribution in [2.75, 3.05) is 40.5 Å². The maximum absolute atomic E-state index is 14.3. The fourth-order valence-corrected chi connectivity index (χ4v) is 3.97. The second kappa shape index (κ2) is 15.0. The number of hydrogen-bond donors (Lipinski definition) is 1. The first-order valence-electron chi connectivity index (χ1n) is 12.8. The number of benzene rings is 2. The van der Waals surface area contributed by atoms with E-state index in [0.29, 0.717) is 42.1 Å². The number of alkyl carbamates (subject to hydrolysis) is 1. The number of esters is 1. The van der Waals surface area contributed by atoms with Gasteiger partial charge in [-0.1, -0.05) is 35.9 Å². The van der Waals surface area contributed by atoms with Gasteiger partial charge in [-0.15, -0.1) is 0 Å². The highest BCUT2D eigenvalue weighted by atomic mass is 35.5. The van der Waals surface area contributed by atoms with Crippen LogP contribution < -0.4 is 5.32 Å². The molecule has 2 rings (SSSR count). The highest BCUT2D eigenvalue weighted by Gasteiger charge is 2.27. The second-order valence-corrected chi connectivity index (χ2v) is 10.9. The summed E-state index contributed by atoms with van der Waals surface area (Å²) < 4.78 is 30.8. The third kappa shape index (κ3) is 11.4. The van der Waals surface area contributed by atoms with Crippen LogP contribution in [0, 0.1) is 11.7 Å². The molecule has 0 aliphatic rings. The minimum absolute atomic E-state index is 0.173. The van der Waals surface area contributed by atoms with Gasteiger partial charge in [0.05, 0.1) is 25.7 Å². The number of ether oxygens (including phenoxy) is 3. The van der Waals surface area contributed by atoms with E-state index in [1.165, 1.54) is 12.1 Å². The molecule has 210 valence electrons. The van der Waals surface area contributed by atoms with Crippen LogP contribution in [0.2, 0.25) is 5.02 Å². The number of nitrogens with zero attached hydrogens (tertiary/aromatic N) is 1. The Balaban J connectivity index is 2.22. The summed E-state index contributed by atoms with van der Waals surface area (Å²) in [6.07, 6.45) is 0.145. The quantitative estimate of drug-likeness (QED) is 0.253. The Morgan fingerprint density at radius 3 is 2.39 bits per heavy atom. The van der Waals surface area contributed by atoms with Crippen LogP contribution in [-0.4, -0.2) is 69.1 Å². The molecule has 1 amide bonds. The average molecular weight is 551 g/mol. The topological polar surface area (TPSA) is 77.1 Å². The van der Waals surface area contributed by atoms with Crippen molar-refractivity contribution in [1.29, 1.82) is 0 Å². The zero-order chi connectivity index (χ0) is 28.3. The Hall–Kier alpha value is -2.68. The van der Waals surface area contributed by atoms with Crippen LogP contribution >= 0.6 is 11.6 Å². The van der Waals surface area contributed by atoms with E-state index in [1.54, 1.807) is 33.8 Å². The van der Waals surface area contributed by atoms with Gasteiger partial charge in [0.25, 0.3) is 0 Å². The standard InChI is InChI=1S/C29H40ClFN2O5/c1-7-37-27(34)22(19-36-15-14-33(5)6)17-24(32-28(35)38-29(2,3)4)16-20-8-10-21(11-9-20)25-18-23(30)12-13-26(25)31/h8-13,18,22,24H,7,14-17,19H2,1-6H3,(H,32,35)/t22-,24+/m0/s1. The van der Waals surface area contributed by atoms with Crippen LogP contribution in [0.3, 0.4) is 0 Å². The summed E-state index contributed by atoms with van der Waals surface area (Å²) in [7, 11) is 3.89. The van der Waals surface area contributed by atoms with E-state index in [9.17, 15) is 14.0 Å². The maximum Gasteiger partial charge on any atom is 0.407 e. The first-order valence-corrected chi connectivity index (χ1v) is 13.2. The molecule has 0 saturated carbocycles. The molecule has 0 unspecified atom stereocenters. The molecule has 0 saturated heterocycles. The Bertz CT molecular complexity index is 1040. The molecule has 2 aromatic carbocycles. The lowest BCUT2D eigenvalue weighted by Gasteiger charge is -2.26. The van der Waals surface area contributed by atoms with Gasteiger partial charge in [0.1, 0.15) is 11.4 Å². The summed E-state index contributed by atoms with van der Waals surface area (Å²) in [5.74, 6) is -1.31. The molecule has 7 nitrogen and oxygen atoms in total. The normalized spacial score (nSPS) is 13.2. The van der Waals surface area contributed by atoms with E-state index in [2.05, 4.69) is 5.32 Å². The highest BCUT2D eigenvalue weighted by Crippen LogP contribution is 2.27. The van der Waals surface area contributed by atoms with Gasteiger partial charge in [-0.05, 0) is 84.0 Å². The van der Waals surface area contributed by atoms with Crippen molar-refractivity contribution in [1.82, 2.24) is 10.2 Å². The first kappa shape index (κ1) is 31.5. The molecule has 0 heterocycles. The van der Waals surface area contributed by atoms with Crippen LogP contribution in [0.15, 0.2) is 42.5 Å². The van der Waals surface area contributed by atoms with Gasteiger partial charge in [-0.25, -0.2) is 9.18 Å². The van der Waals surface area contributed by atoms with E-state index in [1.807, 2.05) is 43.3 Å². The average Bonchev–Trinajstić information content (AvgIpc) is 2.81. The third-order valence-electron chi connectivity index (χ3n) is 5.59. The smallest absolute Gasteiger partial charge is 0.407 e. The number of carbonyl (C=O) groups excluding carboxylic acids is 2. The van der Waals surface area contributed by atoms with Crippen molar-refractivity contribution in [3.8, 4) is 11.1 Å². The molecule has 0 radical (unpaired) electrons. The fourth-order valence-electron chi connectivity index (χ4n) is 3.80. The molecule has 0 spiro atoms. The lowest BCUT2D eigenvalue weighted by atomic mass is 9.94. The second-order valence-electron chi connectivity index (χ2n) is 10.4. The fraction of sp³-hybridized carbons (Fsp3) is 0.517. The molecule has 0 aromatic heterocycles. The molecule has 38 heavy (non-hydrogen) atoms. The largest absolute Gasteiger partial charge is 0.466 e. The summed E-state index contributed by atoms with van der Waals surface area (Å²) in [5, 5.41) is 3.36. The number of likely N-dealkylation sites (N-methyl/N-ethyl adjacent to an activating group) is 1. The zero-order valence-corrected chi connectivity index (χ0v) is 23.9. The first-order chi connectivity index (χ1) is 17.9. The van der Waals surface area contributed by atoms with Gasteiger partial charge >= 0.3 is 12.1 Å². The maximum atomic E-state index is 14.3. The van der Waals surface area contributed by atoms with Gasteiger partial charge < -0.3 is 24.4 Å². The molecule has 0 aliphatic heterocycles. The van der Waals surface area contributed by atoms with Crippen molar-refractivity contribution >= 4 is 23.7 Å². The van der Waals surface area contributed by atoms with E-state index >= 15 is 0 Å². The Morgan fingerprint density at radius 2 is 1.79 bits per heavy atom. The molecular formula is C29H40ClFN2O5. The predicted octanol–water partition coefficient (Wildman–Crippen LogP) is 5.73. The predicted molar refractivity (Wildman–Crippen MR) is 148 cm³/mol. The van der Waals surface area contributed by atoms with Gasteiger partial charge in [0.2, 0.25) is 0 Å². The molecule has 9 heteroatoms. The van der Waals surface area contributed by atoms with Crippen molar-refractivity contribution < 1.29 is 28.2 Å². The van der Waals surface area contributed by atoms with Crippen LogP contribution in [0.5, 0.6) is 0 Å². The van der Waals surface area contributed by atoms with Gasteiger partial charge in [-0.3, -0.25) is 4.79 Å². The lowest BCUT2D eigenvalue weighted by Crippen LogP contribution is -2.42. The van der Waals surface area contributed by atoms with Gasteiger partial charge in [-0.2, -0.15) is 0 Å². The van der Waals surface area contributed by atoms with Crippen molar-refractivity contribution in [2.24, 2.45) is 5.92 Å². The van der Waals surface area contributed by atoms with E-state index < -0.39 is 23.7 Å². The van der Waals surface area contributed by atoms with Crippen LogP contribution in [0.25, 0.3) is 11.1 Å². The van der Waals surface area contributed by atoms with Crippen LogP contribution in [0.1, 0.15) is 39.7 Å². The van der Waals surface area contributed by atoms with E-state index in [4.69, 9.17) is 25.8 Å². The Labute approximate surface area is 230 Å². The number of carbonyl (C=O) groups is 2. The van der Waals surface area contributed by atoms with Crippen LogP contribution in [-0.2, 0) is 25.4 Å². The highest BCUT2D eigenvalue weighted by molar-refractivity contribution is 6.30. The molecule has 0 aliphatic carbocycles. The molecule has 2 aromatic rings. The molecule has 2 atom stereocenters. The summed E-state index contributed by atoms with van der Waals surface area (Å²) >= 11 is 6.05. The van der Waals surface area contributed by atoms with E-state index in [0.717, 1.165) is 5.56 Å². The number of halogens is 2. The number of nitrogens with one attached hydrogen (secondary N) is 1. The monoisotopic (exact) mass is 550 g/mol. The molecule has 0 bridgehead atoms. The van der Waals surface area contributed by atoms with Crippen molar-refractivity contribution in [3.63, 3.8) is 0 Å². The lowest BCUT2D eigenvalue weighted by molar-refractivity contribution is -0.150. The number of rotatable bonds is 13. The van der Waals surface area contributed by atoms with E-state index in [-0.39, 0.29) is 25.0 Å². The van der Waals surface area contributed by atoms with Crippen molar-refractivity contribution in [3.05, 3.63) is 58.9 Å². The summed E-state index contributed by atoms with van der Waals surface area (Å²) in [4.78, 5) is 27.4. The molecule has 0 fully saturated rings. The van der Waals surface area contributed by atoms with Crippen LogP contribution in [0.4, 0.5) is 9.18 Å². The summed E-state index contributed by atoms with van der Waals surface area (Å²) in [6.45, 7) is 8.72. The number of amides is 1. The summed E-state index contributed by atoms with van der Waals surface area (Å²) in [6, 6.07) is 11.3. The molecular weight excluding hydrogens is 511 g/mol. The number of hydrogen-bond acceptors (Lipinski definition) is 6. The van der Waals surface area contributed by atoms with Gasteiger partial charge in [0, 0.05) is 23.2 Å². The minimum Gasteiger partial charge on any atom is -0.466 e. The van der Waals surface area contributed by atoms with Gasteiger partial charge in [0.15, 0.2) is 0 Å². The third-order valence-corrected chi connectivity index (χ3v) is 5.82. The molecule has 1 N–H and O–H groups in total.